The molecule has 18 nitrogen and oxygen atoms in total. The normalized spacial score (nSPS) is 14.9. The first-order valence-corrected chi connectivity index (χ1v) is 21.0. The number of carbonyl (C=O) groups excluding carboxylic acids is 4. The third kappa shape index (κ3) is 7.38. The van der Waals surface area contributed by atoms with Gasteiger partial charge in [-0.2, -0.15) is 16.8 Å². The van der Waals surface area contributed by atoms with Gasteiger partial charge >= 0.3 is 24.0 Å². The Balaban J connectivity index is 0.885. The molecule has 0 radical (unpaired) electrons. The van der Waals surface area contributed by atoms with Crippen LogP contribution in [0, 0.1) is 0 Å². The second-order valence-electron chi connectivity index (χ2n) is 13.5. The van der Waals surface area contributed by atoms with Crippen molar-refractivity contribution in [2.24, 2.45) is 0 Å². The van der Waals surface area contributed by atoms with Crippen molar-refractivity contribution < 1.29 is 63.2 Å². The van der Waals surface area contributed by atoms with Crippen LogP contribution < -0.4 is 20.1 Å². The zero-order valence-corrected chi connectivity index (χ0v) is 32.2. The number of sulfonamides is 2. The fourth-order valence-electron chi connectivity index (χ4n) is 7.38. The molecule has 0 bridgehead atoms. The molecule has 2 aromatic carbocycles. The monoisotopic (exact) mass is 834 g/mol. The number of rotatable bonds is 12. The topological polar surface area (TPSA) is 256 Å². The molecular weight excluding hydrogens is 801 g/mol. The van der Waals surface area contributed by atoms with Crippen molar-refractivity contribution in [2.45, 2.75) is 61.6 Å². The Labute approximate surface area is 329 Å². The highest BCUT2D eigenvalue weighted by molar-refractivity contribution is 7.90. The van der Waals surface area contributed by atoms with Gasteiger partial charge in [0.25, 0.3) is 20.0 Å². The lowest BCUT2D eigenvalue weighted by molar-refractivity contribution is 0.0489. The van der Waals surface area contributed by atoms with E-state index in [0.717, 1.165) is 59.8 Å². The Morgan fingerprint density at radius 3 is 2.09 bits per heavy atom. The molecule has 0 saturated carbocycles. The molecule has 0 saturated heterocycles. The molecule has 4 N–H and O–H groups in total. The maximum atomic E-state index is 13.1. The minimum absolute atomic E-state index is 0.0345. The molecule has 0 fully saturated rings. The Kier molecular flexibility index (Phi) is 9.97. The van der Waals surface area contributed by atoms with Gasteiger partial charge in [-0.05, 0) is 91.8 Å². The number of fused-ring (bicyclic) bond motifs is 4. The van der Waals surface area contributed by atoms with Crippen molar-refractivity contribution in [1.82, 2.24) is 9.44 Å². The molecule has 8 rings (SSSR count). The molecule has 4 amide bonds. The highest BCUT2D eigenvalue weighted by Crippen LogP contribution is 2.44. The molecule has 302 valence electrons. The zero-order valence-electron chi connectivity index (χ0n) is 30.5. The molecule has 2 aliphatic carbocycles. The van der Waals surface area contributed by atoms with Gasteiger partial charge in [0.15, 0.2) is 5.58 Å². The van der Waals surface area contributed by atoms with Crippen molar-refractivity contribution in [3.05, 3.63) is 94.8 Å². The van der Waals surface area contributed by atoms with E-state index in [2.05, 4.69) is 16.7 Å². The van der Waals surface area contributed by atoms with Crippen LogP contribution in [0.2, 0.25) is 0 Å². The van der Waals surface area contributed by atoms with Crippen LogP contribution in [-0.2, 0) is 48.8 Å². The van der Waals surface area contributed by atoms with Crippen molar-refractivity contribution in [2.75, 3.05) is 23.8 Å². The molecule has 20 heteroatoms. The summed E-state index contributed by atoms with van der Waals surface area (Å²) in [4.78, 5) is 50.8. The number of amides is 4. The van der Waals surface area contributed by atoms with Gasteiger partial charge in [-0.3, -0.25) is 0 Å². The van der Waals surface area contributed by atoms with Crippen molar-refractivity contribution in [1.29, 1.82) is 0 Å². The number of urea groups is 2. The number of nitrogens with one attached hydrogen (secondary N) is 4. The van der Waals surface area contributed by atoms with Gasteiger partial charge in [0.1, 0.15) is 18.1 Å². The smallest absolute Gasteiger partial charge is 0.341 e. The number of hydrogen-bond acceptors (Lipinski definition) is 14. The molecule has 4 heterocycles. The van der Waals surface area contributed by atoms with E-state index in [4.69, 9.17) is 27.1 Å². The molecule has 4 aromatic heterocycles. The van der Waals surface area contributed by atoms with Crippen LogP contribution in [0.25, 0.3) is 21.9 Å². The summed E-state index contributed by atoms with van der Waals surface area (Å²) in [5, 5.41) is 5.00. The summed E-state index contributed by atoms with van der Waals surface area (Å²) in [6.07, 6.45) is 8.60. The Morgan fingerprint density at radius 1 is 0.741 bits per heavy atom. The summed E-state index contributed by atoms with van der Waals surface area (Å²) >= 11 is 0. The third-order valence-electron chi connectivity index (χ3n) is 9.96. The van der Waals surface area contributed by atoms with Gasteiger partial charge in [-0.15, -0.1) is 0 Å². The van der Waals surface area contributed by atoms with Gasteiger partial charge in [0.05, 0.1) is 42.6 Å². The Hall–Kier alpha value is -6.54. The van der Waals surface area contributed by atoms with E-state index in [1.54, 1.807) is 25.1 Å². The second-order valence-corrected chi connectivity index (χ2v) is 16.8. The van der Waals surface area contributed by atoms with Crippen molar-refractivity contribution in [3.63, 3.8) is 0 Å². The number of aryl methyl sites for hydroxylation is 1. The first kappa shape index (κ1) is 38.3. The van der Waals surface area contributed by atoms with E-state index in [1.807, 2.05) is 9.44 Å². The first-order valence-electron chi connectivity index (χ1n) is 18.0. The number of benzene rings is 2. The lowest BCUT2D eigenvalue weighted by Crippen LogP contribution is -2.34. The Morgan fingerprint density at radius 2 is 1.40 bits per heavy atom. The first-order chi connectivity index (χ1) is 27.8. The number of esters is 2. The minimum Gasteiger partial charge on any atom is -0.464 e. The molecule has 0 spiro atoms. The lowest BCUT2D eigenvalue weighted by atomic mass is 9.93. The minimum atomic E-state index is -4.57. The van der Waals surface area contributed by atoms with Gasteiger partial charge in [0.2, 0.25) is 10.2 Å². The fraction of sp³-hybridized carbons (Fsp3) is 0.263. The Bertz CT molecular complexity index is 2800. The summed E-state index contributed by atoms with van der Waals surface area (Å²) in [7, 11) is -9.04. The highest BCUT2D eigenvalue weighted by Gasteiger charge is 2.32. The predicted molar refractivity (Wildman–Crippen MR) is 202 cm³/mol. The van der Waals surface area contributed by atoms with Crippen LogP contribution in [0.3, 0.4) is 0 Å². The van der Waals surface area contributed by atoms with Gasteiger partial charge in [-0.25, -0.2) is 28.6 Å². The highest BCUT2D eigenvalue weighted by atomic mass is 32.2. The summed E-state index contributed by atoms with van der Waals surface area (Å²) in [6, 6.07) is 6.84. The average molecular weight is 835 g/mol. The van der Waals surface area contributed by atoms with Crippen LogP contribution in [0.5, 0.6) is 0 Å². The second kappa shape index (κ2) is 15.1. The molecule has 1 unspecified atom stereocenters. The van der Waals surface area contributed by atoms with Crippen LogP contribution in [0.15, 0.2) is 89.3 Å². The lowest BCUT2D eigenvalue weighted by Gasteiger charge is -2.18. The van der Waals surface area contributed by atoms with Crippen LogP contribution in [0.4, 0.5) is 21.0 Å². The summed E-state index contributed by atoms with van der Waals surface area (Å²) in [5.74, 6) is -1.68. The summed E-state index contributed by atoms with van der Waals surface area (Å²) < 4.78 is 87.1. The zero-order chi connectivity index (χ0) is 40.8. The van der Waals surface area contributed by atoms with E-state index in [0.29, 0.717) is 53.3 Å². The molecular formula is C38H34N4O14S2. The van der Waals surface area contributed by atoms with Gasteiger partial charge in [-0.1, -0.05) is 6.07 Å². The largest absolute Gasteiger partial charge is 0.464 e. The summed E-state index contributed by atoms with van der Waals surface area (Å²) in [5.41, 5.74) is 4.91. The molecule has 58 heavy (non-hydrogen) atoms. The quantitative estimate of drug-likeness (QED) is 0.0984. The molecule has 0 aliphatic heterocycles. The van der Waals surface area contributed by atoms with E-state index >= 15 is 0 Å². The maximum absolute atomic E-state index is 13.1. The van der Waals surface area contributed by atoms with Crippen molar-refractivity contribution in [3.8, 4) is 0 Å². The van der Waals surface area contributed by atoms with Gasteiger partial charge < -0.3 is 37.8 Å². The fourth-order valence-corrected chi connectivity index (χ4v) is 9.08. The number of ether oxygens (including phenoxy) is 2. The van der Waals surface area contributed by atoms with E-state index in [9.17, 15) is 36.0 Å². The van der Waals surface area contributed by atoms with Crippen molar-refractivity contribution >= 4 is 77.4 Å². The maximum Gasteiger partial charge on any atom is 0.341 e. The number of hydrogen-bond donors (Lipinski definition) is 4. The number of carbonyl (C=O) groups is 4. The SMILES string of the molecule is CCOC(=O)c1coc(S(=O)(=O)NC(=O)Nc2c3c(cc4c2CCC4CCOC(=O)c2coc(S(=O)(=O)NC(=O)Nc4c5ccoc5cc5ccoc45)c2)CCC3)c1. The average Bonchev–Trinajstić information content (AvgIpc) is 4.03. The van der Waals surface area contributed by atoms with Crippen LogP contribution in [0.1, 0.15) is 75.1 Å². The number of furan rings is 4. The molecule has 1 atom stereocenters. The number of anilines is 2. The van der Waals surface area contributed by atoms with E-state index in [1.165, 1.54) is 12.5 Å². The van der Waals surface area contributed by atoms with Gasteiger partial charge in [0, 0.05) is 28.6 Å². The van der Waals surface area contributed by atoms with E-state index in [-0.39, 0.29) is 35.9 Å². The third-order valence-corrected chi connectivity index (χ3v) is 12.4. The van der Waals surface area contributed by atoms with Crippen LogP contribution >= 0.6 is 0 Å². The van der Waals surface area contributed by atoms with Crippen LogP contribution in [-0.4, -0.2) is 54.1 Å². The molecule has 2 aliphatic rings. The molecule has 6 aromatic rings. The predicted octanol–water partition coefficient (Wildman–Crippen LogP) is 6.33. The standard InChI is InChI=1S/C38H34N4O14S2/c1-2-51-35(43)23-16-30(55-18-23)57(47,48)41-37(45)39-32-25-5-3-4-21(25)14-28-20(6-7-26(28)32)8-12-54-36(44)24-17-31(56-19-24)58(49,50)42-38(46)40-33-27-10-13-52-29(27)15-22-9-11-53-34(22)33/h9-11,13-20H,2-8,12H2,1H3,(H2,39,41,45)(H2,40,42,46). The summed E-state index contributed by atoms with van der Waals surface area (Å²) in [6.45, 7) is 1.64. The van der Waals surface area contributed by atoms with E-state index < -0.39 is 54.2 Å².